The van der Waals surface area contributed by atoms with Crippen LogP contribution in [0.2, 0.25) is 0 Å². The van der Waals surface area contributed by atoms with E-state index in [0.717, 1.165) is 5.56 Å². The maximum atomic E-state index is 12.5. The molecular weight excluding hydrogens is 370 g/mol. The number of aryl methyl sites for hydroxylation is 1. The predicted molar refractivity (Wildman–Crippen MR) is 111 cm³/mol. The summed E-state index contributed by atoms with van der Waals surface area (Å²) >= 11 is 0. The number of carbonyl (C=O) groups is 1. The van der Waals surface area contributed by atoms with E-state index >= 15 is 0 Å². The number of hydrogen-bond donors (Lipinski definition) is 1. The van der Waals surface area contributed by atoms with Gasteiger partial charge in [-0.1, -0.05) is 12.1 Å². The molecular formula is C22H25N3O4. The molecule has 7 heteroatoms. The van der Waals surface area contributed by atoms with Crippen LogP contribution < -0.4 is 20.3 Å². The molecule has 0 aliphatic rings. The molecule has 29 heavy (non-hydrogen) atoms. The molecule has 0 spiro atoms. The highest BCUT2D eigenvalue weighted by Crippen LogP contribution is 2.29. The van der Waals surface area contributed by atoms with Gasteiger partial charge in [-0.2, -0.15) is 0 Å². The van der Waals surface area contributed by atoms with Crippen molar-refractivity contribution in [2.75, 3.05) is 14.2 Å². The summed E-state index contributed by atoms with van der Waals surface area (Å²) in [5, 5.41) is 3.55. The molecule has 152 valence electrons. The summed E-state index contributed by atoms with van der Waals surface area (Å²) in [5.74, 6) is 1.81. The molecule has 3 rings (SSSR count). The van der Waals surface area contributed by atoms with Gasteiger partial charge in [0.15, 0.2) is 0 Å². The summed E-state index contributed by atoms with van der Waals surface area (Å²) in [4.78, 5) is 29.5. The molecule has 3 aromatic rings. The van der Waals surface area contributed by atoms with Gasteiger partial charge in [0.05, 0.1) is 31.2 Å². The molecule has 0 aliphatic heterocycles. The quantitative estimate of drug-likeness (QED) is 0.665. The van der Waals surface area contributed by atoms with Crippen LogP contribution in [0.4, 0.5) is 0 Å². The summed E-state index contributed by atoms with van der Waals surface area (Å²) in [6.45, 7) is 1.89. The van der Waals surface area contributed by atoms with Crippen LogP contribution in [0.1, 0.15) is 30.8 Å². The van der Waals surface area contributed by atoms with Crippen molar-refractivity contribution in [1.82, 2.24) is 14.9 Å². The fourth-order valence-corrected chi connectivity index (χ4v) is 3.28. The Morgan fingerprint density at radius 1 is 1.17 bits per heavy atom. The molecule has 0 radical (unpaired) electrons. The standard InChI is InChI=1S/C22H25N3O4/c1-14(17-13-15(28-3)9-10-19(17)29-4)23-21(26)12-11-20-24-18-8-6-5-7-16(18)22(27)25(20)2/h5-10,13-14H,11-12H2,1-4H3,(H,23,26)/t14-/m0/s1. The van der Waals surface area contributed by atoms with E-state index in [2.05, 4.69) is 10.3 Å². The first-order valence-electron chi connectivity index (χ1n) is 9.40. The fraction of sp³-hybridized carbons (Fsp3) is 0.318. The van der Waals surface area contributed by atoms with Crippen molar-refractivity contribution in [3.05, 3.63) is 64.2 Å². The van der Waals surface area contributed by atoms with Crippen LogP contribution in [0.25, 0.3) is 10.9 Å². The average Bonchev–Trinajstić information content (AvgIpc) is 2.74. The Balaban J connectivity index is 1.71. The lowest BCUT2D eigenvalue weighted by Gasteiger charge is -2.18. The molecule has 0 bridgehead atoms. The van der Waals surface area contributed by atoms with Crippen molar-refractivity contribution in [3.63, 3.8) is 0 Å². The van der Waals surface area contributed by atoms with Crippen LogP contribution in [0.3, 0.4) is 0 Å². The number of hydrogen-bond acceptors (Lipinski definition) is 5. The van der Waals surface area contributed by atoms with Gasteiger partial charge in [-0.3, -0.25) is 14.2 Å². The number of aromatic nitrogens is 2. The number of para-hydroxylation sites is 1. The normalized spacial score (nSPS) is 11.9. The predicted octanol–water partition coefficient (Wildman–Crippen LogP) is 2.76. The van der Waals surface area contributed by atoms with E-state index in [9.17, 15) is 9.59 Å². The highest BCUT2D eigenvalue weighted by molar-refractivity contribution is 5.78. The number of carbonyl (C=O) groups excluding carboxylic acids is 1. The molecule has 0 unspecified atom stereocenters. The fourth-order valence-electron chi connectivity index (χ4n) is 3.28. The van der Waals surface area contributed by atoms with Crippen LogP contribution in [0.15, 0.2) is 47.3 Å². The minimum atomic E-state index is -0.263. The molecule has 1 heterocycles. The zero-order chi connectivity index (χ0) is 21.0. The average molecular weight is 395 g/mol. The Morgan fingerprint density at radius 3 is 2.66 bits per heavy atom. The summed E-state index contributed by atoms with van der Waals surface area (Å²) in [6.07, 6.45) is 0.583. The summed E-state index contributed by atoms with van der Waals surface area (Å²) < 4.78 is 12.2. The molecule has 1 aromatic heterocycles. The minimum Gasteiger partial charge on any atom is -0.497 e. The first-order valence-corrected chi connectivity index (χ1v) is 9.40. The lowest BCUT2D eigenvalue weighted by atomic mass is 10.1. The SMILES string of the molecule is COc1ccc(OC)c([C@H](C)NC(=O)CCc2nc3ccccc3c(=O)n2C)c1. The number of methoxy groups -OCH3 is 2. The zero-order valence-electron chi connectivity index (χ0n) is 17.1. The largest absolute Gasteiger partial charge is 0.497 e. The topological polar surface area (TPSA) is 82.5 Å². The molecule has 2 aromatic carbocycles. The Labute approximate surface area is 169 Å². The van der Waals surface area contributed by atoms with E-state index in [1.54, 1.807) is 33.4 Å². The molecule has 0 aliphatic carbocycles. The number of ether oxygens (including phenoxy) is 2. The van der Waals surface area contributed by atoms with Gasteiger partial charge < -0.3 is 14.8 Å². The first kappa shape index (κ1) is 20.4. The maximum absolute atomic E-state index is 12.5. The Hall–Kier alpha value is -3.35. The van der Waals surface area contributed by atoms with Crippen molar-refractivity contribution >= 4 is 16.8 Å². The highest BCUT2D eigenvalue weighted by Gasteiger charge is 2.16. The van der Waals surface area contributed by atoms with Crippen molar-refractivity contribution in [1.29, 1.82) is 0 Å². The summed E-state index contributed by atoms with van der Waals surface area (Å²) in [5.41, 5.74) is 1.36. The minimum absolute atomic E-state index is 0.111. The van der Waals surface area contributed by atoms with Crippen molar-refractivity contribution in [2.24, 2.45) is 7.05 Å². The summed E-state index contributed by atoms with van der Waals surface area (Å²) in [7, 11) is 4.86. The van der Waals surface area contributed by atoms with E-state index in [0.29, 0.717) is 34.6 Å². The smallest absolute Gasteiger partial charge is 0.261 e. The molecule has 1 N–H and O–H groups in total. The van der Waals surface area contributed by atoms with Gasteiger partial charge >= 0.3 is 0 Å². The third-order valence-electron chi connectivity index (χ3n) is 4.93. The number of rotatable bonds is 7. The molecule has 0 saturated heterocycles. The van der Waals surface area contributed by atoms with Crippen LogP contribution >= 0.6 is 0 Å². The van der Waals surface area contributed by atoms with E-state index in [4.69, 9.17) is 9.47 Å². The maximum Gasteiger partial charge on any atom is 0.261 e. The van der Waals surface area contributed by atoms with E-state index < -0.39 is 0 Å². The van der Waals surface area contributed by atoms with Gasteiger partial charge in [-0.15, -0.1) is 0 Å². The number of benzene rings is 2. The van der Waals surface area contributed by atoms with Crippen molar-refractivity contribution in [2.45, 2.75) is 25.8 Å². The highest BCUT2D eigenvalue weighted by atomic mass is 16.5. The van der Waals surface area contributed by atoms with Crippen molar-refractivity contribution < 1.29 is 14.3 Å². The first-order chi connectivity index (χ1) is 13.9. The molecule has 1 amide bonds. The van der Waals surface area contributed by atoms with Crippen LogP contribution in [0, 0.1) is 0 Å². The number of fused-ring (bicyclic) bond motifs is 1. The Morgan fingerprint density at radius 2 is 1.93 bits per heavy atom. The van der Waals surface area contributed by atoms with Crippen LogP contribution in [-0.2, 0) is 18.3 Å². The van der Waals surface area contributed by atoms with Gasteiger partial charge in [0.25, 0.3) is 5.56 Å². The number of nitrogens with one attached hydrogen (secondary N) is 1. The third kappa shape index (κ3) is 4.39. The lowest BCUT2D eigenvalue weighted by molar-refractivity contribution is -0.121. The van der Waals surface area contributed by atoms with E-state index in [1.807, 2.05) is 37.3 Å². The third-order valence-corrected chi connectivity index (χ3v) is 4.93. The van der Waals surface area contributed by atoms with Gasteiger partial charge in [-0.05, 0) is 37.3 Å². The molecule has 0 fully saturated rings. The van der Waals surface area contributed by atoms with Gasteiger partial charge in [0.2, 0.25) is 5.91 Å². The molecule has 1 atom stereocenters. The lowest BCUT2D eigenvalue weighted by Crippen LogP contribution is -2.28. The monoisotopic (exact) mass is 395 g/mol. The zero-order valence-corrected chi connectivity index (χ0v) is 17.1. The van der Waals surface area contributed by atoms with Gasteiger partial charge in [0.1, 0.15) is 17.3 Å². The number of amides is 1. The molecule has 7 nitrogen and oxygen atoms in total. The Kier molecular flexibility index (Phi) is 6.16. The van der Waals surface area contributed by atoms with Gasteiger partial charge in [0, 0.05) is 25.5 Å². The molecule has 0 saturated carbocycles. The van der Waals surface area contributed by atoms with E-state index in [-0.39, 0.29) is 23.9 Å². The van der Waals surface area contributed by atoms with E-state index in [1.165, 1.54) is 4.57 Å². The second-order valence-electron chi connectivity index (χ2n) is 6.81. The summed E-state index contributed by atoms with van der Waals surface area (Å²) in [6, 6.07) is 12.4. The second-order valence-corrected chi connectivity index (χ2v) is 6.81. The van der Waals surface area contributed by atoms with Crippen LogP contribution in [0.5, 0.6) is 11.5 Å². The number of nitrogens with zero attached hydrogens (tertiary/aromatic N) is 2. The second kappa shape index (κ2) is 8.77. The van der Waals surface area contributed by atoms with Gasteiger partial charge in [-0.25, -0.2) is 4.98 Å². The van der Waals surface area contributed by atoms with Crippen LogP contribution in [-0.4, -0.2) is 29.7 Å². The van der Waals surface area contributed by atoms with Crippen molar-refractivity contribution in [3.8, 4) is 11.5 Å². The Bertz CT molecular complexity index is 1090.